The second-order valence-corrected chi connectivity index (χ2v) is 6.38. The van der Waals surface area contributed by atoms with Crippen LogP contribution in [0, 0.1) is 0 Å². The van der Waals surface area contributed by atoms with Crippen LogP contribution in [0.1, 0.15) is 24.8 Å². The molecule has 0 aromatic heterocycles. The molecule has 3 nitrogen and oxygen atoms in total. The largest absolute Gasteiger partial charge is 0.416 e. The van der Waals surface area contributed by atoms with Gasteiger partial charge < -0.3 is 10.2 Å². The van der Waals surface area contributed by atoms with Crippen molar-refractivity contribution >= 4 is 27.5 Å². The number of nitrogens with one attached hydrogen (secondary N) is 1. The molecule has 1 atom stereocenters. The van der Waals surface area contributed by atoms with E-state index in [1.165, 1.54) is 4.90 Å². The van der Waals surface area contributed by atoms with Gasteiger partial charge in [-0.3, -0.25) is 4.79 Å². The van der Waals surface area contributed by atoms with Gasteiger partial charge in [0.2, 0.25) is 5.91 Å². The van der Waals surface area contributed by atoms with Crippen molar-refractivity contribution in [1.29, 1.82) is 0 Å². The quantitative estimate of drug-likeness (QED) is 0.894. The summed E-state index contributed by atoms with van der Waals surface area (Å²) >= 11 is 3.08. The van der Waals surface area contributed by atoms with Gasteiger partial charge in [0.15, 0.2) is 0 Å². The van der Waals surface area contributed by atoms with Gasteiger partial charge in [-0.2, -0.15) is 13.2 Å². The Balaban J connectivity index is 1.83. The lowest BCUT2D eigenvalue weighted by Crippen LogP contribution is -2.39. The fraction of sp³-hybridized carbons (Fsp3) is 0.500. The number of benzene rings is 1. The summed E-state index contributed by atoms with van der Waals surface area (Å²) in [5.41, 5.74) is -0.458. The highest BCUT2D eigenvalue weighted by atomic mass is 79.9. The Morgan fingerprint density at radius 3 is 2.52 bits per heavy atom. The molecular formula is C14H14BrF3N2O. The van der Waals surface area contributed by atoms with Gasteiger partial charge in [0.05, 0.1) is 11.6 Å². The van der Waals surface area contributed by atoms with E-state index in [-0.39, 0.29) is 11.9 Å². The van der Waals surface area contributed by atoms with Crippen LogP contribution < -0.4 is 10.2 Å². The van der Waals surface area contributed by atoms with E-state index in [0.29, 0.717) is 29.2 Å². The summed E-state index contributed by atoms with van der Waals surface area (Å²) in [6.45, 7) is 0.441. The van der Waals surface area contributed by atoms with E-state index < -0.39 is 11.7 Å². The number of halogens is 4. The van der Waals surface area contributed by atoms with E-state index in [2.05, 4.69) is 21.2 Å². The van der Waals surface area contributed by atoms with Crippen molar-refractivity contribution in [1.82, 2.24) is 5.32 Å². The van der Waals surface area contributed by atoms with Crippen LogP contribution in [0.5, 0.6) is 0 Å². The van der Waals surface area contributed by atoms with Crippen LogP contribution in [0.3, 0.4) is 0 Å². The predicted molar refractivity (Wildman–Crippen MR) is 76.1 cm³/mol. The molecule has 0 radical (unpaired) electrons. The first kappa shape index (κ1) is 14.8. The third-order valence-corrected chi connectivity index (χ3v) is 4.20. The Labute approximate surface area is 128 Å². The molecule has 1 unspecified atom stereocenters. The van der Waals surface area contributed by atoms with Crippen LogP contribution in [0.15, 0.2) is 22.7 Å². The maximum Gasteiger partial charge on any atom is 0.416 e. The zero-order chi connectivity index (χ0) is 15.2. The van der Waals surface area contributed by atoms with Crippen molar-refractivity contribution in [3.63, 3.8) is 0 Å². The summed E-state index contributed by atoms with van der Waals surface area (Å²) < 4.78 is 38.9. The molecule has 1 saturated carbocycles. The average molecular weight is 363 g/mol. The van der Waals surface area contributed by atoms with Crippen LogP contribution in [-0.2, 0) is 11.0 Å². The van der Waals surface area contributed by atoms with Gasteiger partial charge in [-0.05, 0) is 37.5 Å². The maximum absolute atomic E-state index is 12.9. The number of nitrogens with zero attached hydrogens (tertiary/aromatic N) is 1. The predicted octanol–water partition coefficient (Wildman–Crippen LogP) is 3.33. The Hall–Kier alpha value is -1.08. The zero-order valence-corrected chi connectivity index (χ0v) is 12.7. The van der Waals surface area contributed by atoms with Crippen molar-refractivity contribution in [2.24, 2.45) is 0 Å². The van der Waals surface area contributed by atoms with Gasteiger partial charge in [0, 0.05) is 22.7 Å². The number of carbonyl (C=O) groups excluding carboxylic acids is 1. The number of rotatable bonds is 3. The Kier molecular flexibility index (Phi) is 3.73. The fourth-order valence-corrected chi connectivity index (χ4v) is 3.00. The van der Waals surface area contributed by atoms with E-state index in [9.17, 15) is 18.0 Å². The van der Waals surface area contributed by atoms with Gasteiger partial charge in [0.1, 0.15) is 0 Å². The summed E-state index contributed by atoms with van der Waals surface area (Å²) in [7, 11) is 0. The third-order valence-electron chi connectivity index (χ3n) is 3.74. The van der Waals surface area contributed by atoms with Gasteiger partial charge >= 0.3 is 6.18 Å². The zero-order valence-electron chi connectivity index (χ0n) is 11.1. The first-order chi connectivity index (χ1) is 9.84. The standard InChI is InChI=1S/C14H14BrF3N2O/c15-9-5-8(14(16,17)18)6-11(7-9)20-4-3-12(13(20)21)19-10-1-2-10/h5-7,10,12,19H,1-4H2. The second-order valence-electron chi connectivity index (χ2n) is 5.47. The van der Waals surface area contributed by atoms with Crippen molar-refractivity contribution in [3.05, 3.63) is 28.2 Å². The number of hydrogen-bond donors (Lipinski definition) is 1. The number of carbonyl (C=O) groups is 1. The molecule has 2 fully saturated rings. The second kappa shape index (κ2) is 5.28. The molecule has 2 aliphatic rings. The Morgan fingerprint density at radius 2 is 1.90 bits per heavy atom. The summed E-state index contributed by atoms with van der Waals surface area (Å²) in [5.74, 6) is -0.145. The highest BCUT2D eigenvalue weighted by Gasteiger charge is 2.37. The van der Waals surface area contributed by atoms with E-state index in [1.807, 2.05) is 0 Å². The van der Waals surface area contributed by atoms with Crippen LogP contribution in [0.2, 0.25) is 0 Å². The molecule has 1 saturated heterocycles. The molecule has 1 aromatic rings. The molecule has 7 heteroatoms. The van der Waals surface area contributed by atoms with E-state index in [4.69, 9.17) is 0 Å². The van der Waals surface area contributed by atoms with Crippen LogP contribution in [0.4, 0.5) is 18.9 Å². The topological polar surface area (TPSA) is 32.3 Å². The summed E-state index contributed by atoms with van der Waals surface area (Å²) in [5, 5.41) is 3.24. The van der Waals surface area contributed by atoms with Gasteiger partial charge in [-0.25, -0.2) is 0 Å². The summed E-state index contributed by atoms with van der Waals surface area (Å²) in [6, 6.07) is 3.72. The van der Waals surface area contributed by atoms with E-state index in [0.717, 1.165) is 25.0 Å². The monoisotopic (exact) mass is 362 g/mol. The summed E-state index contributed by atoms with van der Waals surface area (Å²) in [4.78, 5) is 13.7. The minimum atomic E-state index is -4.42. The number of amides is 1. The molecule has 1 aliphatic heterocycles. The van der Waals surface area contributed by atoms with Crippen LogP contribution in [-0.4, -0.2) is 24.5 Å². The van der Waals surface area contributed by atoms with Crippen LogP contribution in [0.25, 0.3) is 0 Å². The first-order valence-corrected chi connectivity index (χ1v) is 7.59. The fourth-order valence-electron chi connectivity index (χ4n) is 2.52. The molecule has 1 heterocycles. The lowest BCUT2D eigenvalue weighted by Gasteiger charge is -2.19. The smallest absolute Gasteiger partial charge is 0.311 e. The molecule has 1 N–H and O–H groups in total. The Bertz CT molecular complexity index is 572. The molecule has 21 heavy (non-hydrogen) atoms. The number of anilines is 1. The molecule has 114 valence electrons. The van der Waals surface area contributed by atoms with Gasteiger partial charge in [-0.15, -0.1) is 0 Å². The molecule has 3 rings (SSSR count). The average Bonchev–Trinajstić information content (AvgIpc) is 3.12. The van der Waals surface area contributed by atoms with Crippen molar-refractivity contribution < 1.29 is 18.0 Å². The maximum atomic E-state index is 12.9. The highest BCUT2D eigenvalue weighted by molar-refractivity contribution is 9.10. The molecule has 1 aromatic carbocycles. The van der Waals surface area contributed by atoms with Crippen molar-refractivity contribution in [3.8, 4) is 0 Å². The molecule has 1 aliphatic carbocycles. The molecular weight excluding hydrogens is 349 g/mol. The SMILES string of the molecule is O=C1C(NC2CC2)CCN1c1cc(Br)cc(C(F)(F)F)c1. The van der Waals surface area contributed by atoms with Gasteiger partial charge in [0.25, 0.3) is 0 Å². The number of alkyl halides is 3. The molecule has 1 amide bonds. The minimum Gasteiger partial charge on any atom is -0.311 e. The molecule has 0 bridgehead atoms. The van der Waals surface area contributed by atoms with Crippen molar-refractivity contribution in [2.45, 2.75) is 37.5 Å². The van der Waals surface area contributed by atoms with Crippen LogP contribution >= 0.6 is 15.9 Å². The summed E-state index contributed by atoms with van der Waals surface area (Å²) in [6.07, 6.45) is -1.66. The lowest BCUT2D eigenvalue weighted by atomic mass is 10.2. The first-order valence-electron chi connectivity index (χ1n) is 6.80. The minimum absolute atomic E-state index is 0.145. The highest BCUT2D eigenvalue weighted by Crippen LogP contribution is 2.35. The molecule has 0 spiro atoms. The van der Waals surface area contributed by atoms with E-state index >= 15 is 0 Å². The third kappa shape index (κ3) is 3.23. The lowest BCUT2D eigenvalue weighted by molar-refractivity contribution is -0.137. The normalized spacial score (nSPS) is 23.0. The van der Waals surface area contributed by atoms with Crippen molar-refractivity contribution in [2.75, 3.05) is 11.4 Å². The Morgan fingerprint density at radius 1 is 1.19 bits per heavy atom. The van der Waals surface area contributed by atoms with Gasteiger partial charge in [-0.1, -0.05) is 15.9 Å². The van der Waals surface area contributed by atoms with E-state index in [1.54, 1.807) is 6.07 Å². The number of hydrogen-bond acceptors (Lipinski definition) is 2.